The molecule has 10 nitrogen and oxygen atoms in total. The minimum Gasteiger partial charge on any atom is -0.475 e. The zero-order chi connectivity index (χ0) is 26.0. The fourth-order valence-corrected chi connectivity index (χ4v) is 5.98. The lowest BCUT2D eigenvalue weighted by Crippen LogP contribution is -2.38. The number of carbonyl (C=O) groups is 2. The first-order valence-electron chi connectivity index (χ1n) is 11.3. The van der Waals surface area contributed by atoms with Gasteiger partial charge in [-0.1, -0.05) is 49.2 Å². The van der Waals surface area contributed by atoms with Crippen LogP contribution in [0.3, 0.4) is 0 Å². The molecule has 1 saturated heterocycles. The topological polar surface area (TPSA) is 115 Å². The number of rotatable bonds is 8. The number of nitrogens with zero attached hydrogens (tertiary/aromatic N) is 3. The Bertz CT molecular complexity index is 1280. The molecule has 1 aromatic carbocycles. The van der Waals surface area contributed by atoms with Gasteiger partial charge in [0.2, 0.25) is 5.88 Å². The minimum absolute atomic E-state index is 0. The van der Waals surface area contributed by atoms with E-state index in [2.05, 4.69) is 9.88 Å². The molecule has 0 spiro atoms. The molecule has 2 aliphatic heterocycles. The number of halogens is 3. The summed E-state index contributed by atoms with van der Waals surface area (Å²) in [6, 6.07) is 4.63. The molecule has 3 heterocycles. The van der Waals surface area contributed by atoms with Crippen molar-refractivity contribution in [3.63, 3.8) is 0 Å². The summed E-state index contributed by atoms with van der Waals surface area (Å²) in [4.78, 5) is 31.9. The Morgan fingerprint density at radius 3 is 2.59 bits per heavy atom. The number of amides is 1. The molecule has 0 radical (unpaired) electrons. The molecule has 2 aromatic rings. The van der Waals surface area contributed by atoms with Crippen molar-refractivity contribution in [2.24, 2.45) is 0 Å². The lowest BCUT2D eigenvalue weighted by molar-refractivity contribution is 0.0317. The van der Waals surface area contributed by atoms with Crippen molar-refractivity contribution >= 4 is 57.5 Å². The lowest BCUT2D eigenvalue weighted by atomic mass is 9.97. The molecular formula is C23H26Cl3N3O7S. The van der Waals surface area contributed by atoms with Crippen molar-refractivity contribution in [3.05, 3.63) is 51.1 Å². The first kappa shape index (κ1) is 29.4. The van der Waals surface area contributed by atoms with E-state index in [9.17, 15) is 18.0 Å². The molecule has 1 fully saturated rings. The van der Waals surface area contributed by atoms with Crippen molar-refractivity contribution in [1.82, 2.24) is 14.2 Å². The summed E-state index contributed by atoms with van der Waals surface area (Å²) in [5, 5.41) is -0.276. The summed E-state index contributed by atoms with van der Waals surface area (Å²) in [6.07, 6.45) is 1.19. The third kappa shape index (κ3) is 5.97. The van der Waals surface area contributed by atoms with Crippen LogP contribution in [0.1, 0.15) is 46.0 Å². The van der Waals surface area contributed by atoms with E-state index in [1.807, 2.05) is 13.8 Å². The molecule has 0 bridgehead atoms. The molecule has 0 saturated carbocycles. The first-order valence-corrected chi connectivity index (χ1v) is 13.5. The summed E-state index contributed by atoms with van der Waals surface area (Å²) in [6.45, 7) is 6.60. The highest BCUT2D eigenvalue weighted by Gasteiger charge is 2.43. The molecular weight excluding hydrogens is 569 g/mol. The van der Waals surface area contributed by atoms with Crippen molar-refractivity contribution < 1.29 is 32.2 Å². The molecule has 1 amide bonds. The summed E-state index contributed by atoms with van der Waals surface area (Å²) >= 11 is 12.5. The molecule has 0 N–H and O–H groups in total. The van der Waals surface area contributed by atoms with Gasteiger partial charge in [0.1, 0.15) is 22.1 Å². The minimum atomic E-state index is -4.19. The third-order valence-electron chi connectivity index (χ3n) is 5.90. The zero-order valence-electron chi connectivity index (χ0n) is 20.1. The Morgan fingerprint density at radius 2 is 1.92 bits per heavy atom. The van der Waals surface area contributed by atoms with Crippen LogP contribution < -0.4 is 4.74 Å². The van der Waals surface area contributed by atoms with Crippen molar-refractivity contribution in [2.75, 3.05) is 46.2 Å². The van der Waals surface area contributed by atoms with Gasteiger partial charge in [-0.15, -0.1) is 12.4 Å². The molecule has 202 valence electrons. The van der Waals surface area contributed by atoms with Gasteiger partial charge in [-0.05, 0) is 17.5 Å². The summed E-state index contributed by atoms with van der Waals surface area (Å²) in [5.41, 5.74) is 0.438. The van der Waals surface area contributed by atoms with Crippen LogP contribution in [0.4, 0.5) is 0 Å². The van der Waals surface area contributed by atoms with Gasteiger partial charge in [0.15, 0.2) is 6.73 Å². The van der Waals surface area contributed by atoms with Crippen LogP contribution in [-0.4, -0.2) is 80.7 Å². The van der Waals surface area contributed by atoms with Gasteiger partial charge in [0.05, 0.1) is 30.0 Å². The van der Waals surface area contributed by atoms with E-state index in [1.165, 1.54) is 12.3 Å². The predicted octanol–water partition coefficient (Wildman–Crippen LogP) is 3.60. The molecule has 4 rings (SSSR count). The largest absolute Gasteiger partial charge is 0.475 e. The molecule has 0 unspecified atom stereocenters. The van der Waals surface area contributed by atoms with Crippen molar-refractivity contribution in [1.29, 1.82) is 0 Å². The SMILES string of the molecule is CC(C)c1cccc2c1C(=O)N(COC(=O)c1c(Cl)cnc(OCCN3CCOCC3)c1Cl)S2(=O)=O.Cl. The molecule has 37 heavy (non-hydrogen) atoms. The third-order valence-corrected chi connectivity index (χ3v) is 8.28. The number of pyridine rings is 1. The standard InChI is InChI=1S/C23H25Cl2N3O7S.ClH/c1-14(2)15-4-3-5-17-18(15)22(29)28(36(17,31)32)13-35-23(30)19-16(24)12-26-21(20(19)25)34-11-8-27-6-9-33-10-7-27;/h3-5,12,14H,6-11,13H2,1-2H3;1H. The van der Waals surface area contributed by atoms with Crippen LogP contribution in [0.2, 0.25) is 10.0 Å². The number of fused-ring (bicyclic) bond motifs is 1. The Balaban J connectivity index is 0.00000380. The zero-order valence-corrected chi connectivity index (χ0v) is 23.3. The maximum Gasteiger partial charge on any atom is 0.343 e. The van der Waals surface area contributed by atoms with E-state index in [1.54, 1.807) is 12.1 Å². The van der Waals surface area contributed by atoms with Crippen molar-refractivity contribution in [3.8, 4) is 5.88 Å². The number of aromatic nitrogens is 1. The molecule has 0 aliphatic carbocycles. The molecule has 0 atom stereocenters. The van der Waals surface area contributed by atoms with E-state index in [0.717, 1.165) is 13.1 Å². The Labute approximate surface area is 231 Å². The fourth-order valence-electron chi connectivity index (χ4n) is 3.98. The van der Waals surface area contributed by atoms with E-state index < -0.39 is 28.6 Å². The van der Waals surface area contributed by atoms with Gasteiger partial charge in [0.25, 0.3) is 15.9 Å². The van der Waals surface area contributed by atoms with Crippen LogP contribution in [0.15, 0.2) is 29.3 Å². The summed E-state index contributed by atoms with van der Waals surface area (Å²) < 4.78 is 42.6. The normalized spacial score (nSPS) is 16.9. The molecule has 1 aromatic heterocycles. The van der Waals surface area contributed by atoms with Gasteiger partial charge in [-0.2, -0.15) is 4.31 Å². The van der Waals surface area contributed by atoms with E-state index in [4.69, 9.17) is 37.4 Å². The average Bonchev–Trinajstić information content (AvgIpc) is 3.04. The average molecular weight is 595 g/mol. The van der Waals surface area contributed by atoms with Crippen LogP contribution in [-0.2, 0) is 19.5 Å². The predicted molar refractivity (Wildman–Crippen MR) is 138 cm³/mol. The Morgan fingerprint density at radius 1 is 1.22 bits per heavy atom. The number of benzene rings is 1. The highest BCUT2D eigenvalue weighted by Crippen LogP contribution is 2.36. The number of morpholine rings is 1. The van der Waals surface area contributed by atoms with Gasteiger partial charge >= 0.3 is 5.97 Å². The molecule has 14 heteroatoms. The van der Waals surface area contributed by atoms with Crippen LogP contribution >= 0.6 is 35.6 Å². The second-order valence-electron chi connectivity index (χ2n) is 8.50. The maximum atomic E-state index is 13.0. The van der Waals surface area contributed by atoms with Crippen LogP contribution in [0, 0.1) is 0 Å². The number of sulfonamides is 1. The number of carbonyl (C=O) groups excluding carboxylic acids is 2. The number of hydrogen-bond acceptors (Lipinski definition) is 9. The number of ether oxygens (including phenoxy) is 3. The maximum absolute atomic E-state index is 13.0. The second kappa shape index (κ2) is 12.1. The monoisotopic (exact) mass is 593 g/mol. The number of esters is 1. The first-order chi connectivity index (χ1) is 17.1. The van der Waals surface area contributed by atoms with E-state index in [-0.39, 0.29) is 56.9 Å². The van der Waals surface area contributed by atoms with Crippen LogP contribution in [0.5, 0.6) is 5.88 Å². The second-order valence-corrected chi connectivity index (χ2v) is 11.1. The quantitative estimate of drug-likeness (QED) is 0.423. The van der Waals surface area contributed by atoms with Gasteiger partial charge < -0.3 is 14.2 Å². The lowest BCUT2D eigenvalue weighted by Gasteiger charge is -2.26. The van der Waals surface area contributed by atoms with Gasteiger partial charge in [-0.25, -0.2) is 18.2 Å². The molecule has 2 aliphatic rings. The summed E-state index contributed by atoms with van der Waals surface area (Å²) in [5.74, 6) is -1.88. The van der Waals surface area contributed by atoms with E-state index in [0.29, 0.717) is 29.6 Å². The van der Waals surface area contributed by atoms with Crippen molar-refractivity contribution in [2.45, 2.75) is 24.7 Å². The summed E-state index contributed by atoms with van der Waals surface area (Å²) in [7, 11) is -4.19. The van der Waals surface area contributed by atoms with E-state index >= 15 is 0 Å². The van der Waals surface area contributed by atoms with Gasteiger partial charge in [0, 0.05) is 19.6 Å². The smallest absolute Gasteiger partial charge is 0.343 e. The highest BCUT2D eigenvalue weighted by atomic mass is 35.5. The highest BCUT2D eigenvalue weighted by molar-refractivity contribution is 7.90. The van der Waals surface area contributed by atoms with Crippen LogP contribution in [0.25, 0.3) is 0 Å². The number of hydrogen-bond donors (Lipinski definition) is 0. The van der Waals surface area contributed by atoms with Gasteiger partial charge in [-0.3, -0.25) is 9.69 Å². The Kier molecular flexibility index (Phi) is 9.65. The Hall–Kier alpha value is -2.15. The fraction of sp³-hybridized carbons (Fsp3) is 0.435.